The van der Waals surface area contributed by atoms with E-state index in [1.54, 1.807) is 12.1 Å². The summed E-state index contributed by atoms with van der Waals surface area (Å²) in [6.45, 7) is 0.234. The van der Waals surface area contributed by atoms with Gasteiger partial charge in [-0.3, -0.25) is 9.36 Å². The van der Waals surface area contributed by atoms with Crippen LogP contribution in [0.25, 0.3) is 5.69 Å². The molecule has 0 saturated carbocycles. The molecule has 0 spiro atoms. The lowest BCUT2D eigenvalue weighted by atomic mass is 10.3. The topological polar surface area (TPSA) is 73.2 Å². The maximum Gasteiger partial charge on any atom is 0.265 e. The van der Waals surface area contributed by atoms with Crippen molar-refractivity contribution in [3.63, 3.8) is 0 Å². The number of rotatable bonds is 4. The predicted molar refractivity (Wildman–Crippen MR) is 93.7 cm³/mol. The molecule has 0 atom stereocenters. The minimum absolute atomic E-state index is 0.0520. The van der Waals surface area contributed by atoms with Crippen molar-refractivity contribution >= 4 is 46.9 Å². The third-order valence-electron chi connectivity index (χ3n) is 3.22. The molecule has 0 aliphatic rings. The lowest BCUT2D eigenvalue weighted by Crippen LogP contribution is -2.22. The van der Waals surface area contributed by atoms with Gasteiger partial charge in [-0.15, -0.1) is 0 Å². The van der Waals surface area contributed by atoms with Crippen molar-refractivity contribution in [2.45, 2.75) is 6.54 Å². The van der Waals surface area contributed by atoms with Gasteiger partial charge in [0.05, 0.1) is 23.5 Å². The highest BCUT2D eigenvalue weighted by molar-refractivity contribution is 7.73. The number of amides is 1. The summed E-state index contributed by atoms with van der Waals surface area (Å²) >= 11 is 12.1. The number of nitrogen functional groups attached to an aromatic ring is 1. The first kappa shape index (κ1) is 16.7. The number of hydrogen-bond donors (Lipinski definition) is 2. The van der Waals surface area contributed by atoms with E-state index in [9.17, 15) is 9.18 Å². The number of nitrogens with two attached hydrogens (primary N) is 1. The first-order valence-corrected chi connectivity index (χ1v) is 8.35. The van der Waals surface area contributed by atoms with Gasteiger partial charge in [0.1, 0.15) is 22.3 Å². The van der Waals surface area contributed by atoms with Crippen LogP contribution in [0.5, 0.6) is 0 Å². The molecule has 0 radical (unpaired) electrons. The Labute approximate surface area is 150 Å². The van der Waals surface area contributed by atoms with E-state index in [2.05, 4.69) is 5.32 Å². The summed E-state index contributed by atoms with van der Waals surface area (Å²) in [5.41, 5.74) is 6.55. The van der Waals surface area contributed by atoms with Crippen LogP contribution in [0.2, 0.25) is 5.02 Å². The van der Waals surface area contributed by atoms with E-state index in [-0.39, 0.29) is 28.2 Å². The average Bonchev–Trinajstić information content (AvgIpc) is 3.16. The number of aromatic nitrogens is 1. The van der Waals surface area contributed by atoms with Crippen LogP contribution in [0.15, 0.2) is 41.0 Å². The average molecular weight is 384 g/mol. The summed E-state index contributed by atoms with van der Waals surface area (Å²) in [7, 11) is 0. The quantitative estimate of drug-likeness (QED) is 0.663. The fourth-order valence-corrected chi connectivity index (χ4v) is 3.54. The molecule has 1 aromatic carbocycles. The van der Waals surface area contributed by atoms with E-state index in [0.29, 0.717) is 15.4 Å². The molecule has 5 nitrogen and oxygen atoms in total. The highest BCUT2D eigenvalue weighted by atomic mass is 35.5. The van der Waals surface area contributed by atoms with Crippen LogP contribution >= 0.6 is 35.2 Å². The molecule has 0 bridgehead atoms. The van der Waals surface area contributed by atoms with Gasteiger partial charge in [-0.2, -0.15) is 0 Å². The number of carbonyl (C=O) groups excluding carboxylic acids is 1. The fraction of sp³-hybridized carbons (Fsp3) is 0.0667. The van der Waals surface area contributed by atoms with Crippen LogP contribution in [-0.4, -0.2) is 10.5 Å². The zero-order chi connectivity index (χ0) is 17.3. The lowest BCUT2D eigenvalue weighted by Gasteiger charge is -2.07. The Hall–Kier alpha value is -2.16. The molecule has 0 fully saturated rings. The van der Waals surface area contributed by atoms with Crippen molar-refractivity contribution in [3.05, 3.63) is 62.0 Å². The molecule has 1 amide bonds. The SMILES string of the molecule is Nc1c(C(=O)NCc2ccco2)sc(=S)n1-c1ccc(F)c(Cl)c1. The van der Waals surface area contributed by atoms with E-state index in [1.807, 2.05) is 0 Å². The number of anilines is 1. The largest absolute Gasteiger partial charge is 0.467 e. The van der Waals surface area contributed by atoms with Gasteiger partial charge in [0.2, 0.25) is 0 Å². The maximum atomic E-state index is 13.3. The second-order valence-electron chi connectivity index (χ2n) is 4.78. The number of benzene rings is 1. The Bertz CT molecular complexity index is 950. The number of carbonyl (C=O) groups is 1. The molecule has 9 heteroatoms. The Balaban J connectivity index is 1.89. The summed E-state index contributed by atoms with van der Waals surface area (Å²) in [4.78, 5) is 12.6. The van der Waals surface area contributed by atoms with Crippen molar-refractivity contribution < 1.29 is 13.6 Å². The molecule has 0 aliphatic carbocycles. The molecule has 3 aromatic rings. The smallest absolute Gasteiger partial charge is 0.265 e. The van der Waals surface area contributed by atoms with Gasteiger partial charge in [0.25, 0.3) is 5.91 Å². The summed E-state index contributed by atoms with van der Waals surface area (Å²) in [5.74, 6) is -0.121. The molecule has 24 heavy (non-hydrogen) atoms. The van der Waals surface area contributed by atoms with Crippen LogP contribution in [0.1, 0.15) is 15.4 Å². The Morgan fingerprint density at radius 1 is 1.46 bits per heavy atom. The van der Waals surface area contributed by atoms with Crippen molar-refractivity contribution in [1.82, 2.24) is 9.88 Å². The highest BCUT2D eigenvalue weighted by Crippen LogP contribution is 2.28. The number of nitrogens with zero attached hydrogens (tertiary/aromatic N) is 1. The van der Waals surface area contributed by atoms with Crippen LogP contribution in [0.4, 0.5) is 10.2 Å². The number of hydrogen-bond acceptors (Lipinski definition) is 5. The predicted octanol–water partition coefficient (Wildman–Crippen LogP) is 4.17. The molecule has 3 rings (SSSR count). The molecule has 2 aromatic heterocycles. The van der Waals surface area contributed by atoms with Crippen molar-refractivity contribution in [2.75, 3.05) is 5.73 Å². The van der Waals surface area contributed by atoms with Gasteiger partial charge in [-0.25, -0.2) is 4.39 Å². The van der Waals surface area contributed by atoms with Gasteiger partial charge in [0.15, 0.2) is 3.95 Å². The number of furan rings is 1. The minimum Gasteiger partial charge on any atom is -0.467 e. The van der Waals surface area contributed by atoms with Gasteiger partial charge < -0.3 is 15.5 Å². The van der Waals surface area contributed by atoms with E-state index in [0.717, 1.165) is 11.3 Å². The molecule has 2 heterocycles. The van der Waals surface area contributed by atoms with Crippen LogP contribution in [0, 0.1) is 9.77 Å². The zero-order valence-electron chi connectivity index (χ0n) is 12.1. The number of thiazole rings is 1. The lowest BCUT2D eigenvalue weighted by molar-refractivity contribution is 0.0952. The van der Waals surface area contributed by atoms with Crippen molar-refractivity contribution in [2.24, 2.45) is 0 Å². The molecule has 124 valence electrons. The zero-order valence-corrected chi connectivity index (χ0v) is 14.5. The maximum absolute atomic E-state index is 13.3. The standard InChI is InChI=1S/C15H11ClFN3O2S2/c16-10-6-8(3-4-11(10)17)20-13(18)12(24-15(20)23)14(21)19-7-9-2-1-5-22-9/h1-6H,7,18H2,(H,19,21). The van der Waals surface area contributed by atoms with E-state index < -0.39 is 5.82 Å². The van der Waals surface area contributed by atoms with Gasteiger partial charge in [-0.1, -0.05) is 22.9 Å². The molecule has 0 unspecified atom stereocenters. The monoisotopic (exact) mass is 383 g/mol. The minimum atomic E-state index is -0.544. The summed E-state index contributed by atoms with van der Waals surface area (Å²) in [5, 5.41) is 2.65. The van der Waals surface area contributed by atoms with Crippen molar-refractivity contribution in [3.8, 4) is 5.69 Å². The van der Waals surface area contributed by atoms with E-state index in [1.165, 1.54) is 29.0 Å². The Morgan fingerprint density at radius 3 is 2.92 bits per heavy atom. The second kappa shape index (κ2) is 6.76. The van der Waals surface area contributed by atoms with Gasteiger partial charge in [-0.05, 0) is 42.5 Å². The third kappa shape index (κ3) is 3.21. The van der Waals surface area contributed by atoms with Gasteiger partial charge in [0, 0.05) is 0 Å². The molecule has 3 N–H and O–H groups in total. The van der Waals surface area contributed by atoms with E-state index >= 15 is 0 Å². The number of halogens is 2. The van der Waals surface area contributed by atoms with E-state index in [4.69, 9.17) is 34.0 Å². The first-order valence-electron chi connectivity index (χ1n) is 6.74. The summed E-state index contributed by atoms with van der Waals surface area (Å²) in [6, 6.07) is 7.59. The molecule has 0 saturated heterocycles. The van der Waals surface area contributed by atoms with Crippen LogP contribution < -0.4 is 11.1 Å². The van der Waals surface area contributed by atoms with Crippen LogP contribution in [-0.2, 0) is 6.54 Å². The number of nitrogens with one attached hydrogen (secondary N) is 1. The summed E-state index contributed by atoms with van der Waals surface area (Å²) in [6.07, 6.45) is 1.52. The van der Waals surface area contributed by atoms with Crippen LogP contribution in [0.3, 0.4) is 0 Å². The van der Waals surface area contributed by atoms with Gasteiger partial charge >= 0.3 is 0 Å². The highest BCUT2D eigenvalue weighted by Gasteiger charge is 2.18. The van der Waals surface area contributed by atoms with Crippen molar-refractivity contribution in [1.29, 1.82) is 0 Å². The first-order chi connectivity index (χ1) is 11.5. The fourth-order valence-electron chi connectivity index (χ4n) is 2.08. The Morgan fingerprint density at radius 2 is 2.25 bits per heavy atom. The molecular weight excluding hydrogens is 373 g/mol. The normalized spacial score (nSPS) is 10.8. The Kier molecular flexibility index (Phi) is 4.70. The molecule has 0 aliphatic heterocycles. The molecular formula is C15H11ClFN3O2S2. The third-order valence-corrected chi connectivity index (χ3v) is 4.89. The second-order valence-corrected chi connectivity index (χ2v) is 6.83. The summed E-state index contributed by atoms with van der Waals surface area (Å²) < 4.78 is 20.3.